The van der Waals surface area contributed by atoms with Gasteiger partial charge in [-0.15, -0.1) is 0 Å². The lowest BCUT2D eigenvalue weighted by atomic mass is 9.95. The van der Waals surface area contributed by atoms with Crippen LogP contribution in [0.1, 0.15) is 29.6 Å². The van der Waals surface area contributed by atoms with Gasteiger partial charge in [-0.05, 0) is 43.5 Å². The molecule has 23 heavy (non-hydrogen) atoms. The van der Waals surface area contributed by atoms with Crippen molar-refractivity contribution in [1.82, 2.24) is 0 Å². The van der Waals surface area contributed by atoms with Crippen LogP contribution >= 0.6 is 0 Å². The van der Waals surface area contributed by atoms with Crippen LogP contribution in [0.5, 0.6) is 0 Å². The van der Waals surface area contributed by atoms with E-state index in [0.29, 0.717) is 17.7 Å². The van der Waals surface area contributed by atoms with E-state index in [0.717, 1.165) is 0 Å². The van der Waals surface area contributed by atoms with Crippen molar-refractivity contribution in [3.8, 4) is 0 Å². The van der Waals surface area contributed by atoms with Crippen molar-refractivity contribution in [2.75, 3.05) is 12.3 Å². The summed E-state index contributed by atoms with van der Waals surface area (Å²) in [6.07, 6.45) is 0.298. The highest BCUT2D eigenvalue weighted by Crippen LogP contribution is 2.14. The number of aliphatic carboxylic acids is 2. The first-order valence-corrected chi connectivity index (χ1v) is 7.05. The van der Waals surface area contributed by atoms with Crippen molar-refractivity contribution in [3.63, 3.8) is 0 Å². The summed E-state index contributed by atoms with van der Waals surface area (Å²) in [4.78, 5) is 33.5. The molecule has 0 aliphatic heterocycles. The van der Waals surface area contributed by atoms with Crippen molar-refractivity contribution in [2.45, 2.75) is 25.3 Å². The Morgan fingerprint density at radius 3 is 2.22 bits per heavy atom. The fraction of sp³-hybridized carbons (Fsp3) is 0.400. The number of carboxylic acid groups (broad SMARTS) is 2. The minimum absolute atomic E-state index is 0.0370. The lowest BCUT2D eigenvalue weighted by Crippen LogP contribution is -2.34. The zero-order chi connectivity index (χ0) is 17.4. The third-order valence-corrected chi connectivity index (χ3v) is 3.28. The van der Waals surface area contributed by atoms with E-state index >= 15 is 0 Å². The summed E-state index contributed by atoms with van der Waals surface area (Å²) in [6, 6.07) is 4.98. The van der Waals surface area contributed by atoms with Gasteiger partial charge in [0.1, 0.15) is 6.04 Å². The third kappa shape index (κ3) is 6.35. The molecule has 0 unspecified atom stereocenters. The van der Waals surface area contributed by atoms with Gasteiger partial charge in [0.25, 0.3) is 0 Å². The minimum Gasteiger partial charge on any atom is -0.481 e. The molecule has 0 aromatic heterocycles. The molecule has 0 saturated heterocycles. The number of ether oxygens (including phenoxy) is 1. The molecule has 8 nitrogen and oxygen atoms in total. The van der Waals surface area contributed by atoms with E-state index in [1.807, 2.05) is 0 Å². The van der Waals surface area contributed by atoms with Gasteiger partial charge >= 0.3 is 17.9 Å². The van der Waals surface area contributed by atoms with Gasteiger partial charge in [0.15, 0.2) is 0 Å². The van der Waals surface area contributed by atoms with Crippen molar-refractivity contribution >= 4 is 23.6 Å². The quantitative estimate of drug-likeness (QED) is 0.294. The Morgan fingerprint density at radius 1 is 1.09 bits per heavy atom. The molecule has 1 aromatic carbocycles. The Labute approximate surface area is 133 Å². The SMILES string of the molecule is Nc1ccc(C(=O)OCCC[C@@H](C[C@H](N)C(=O)O)C(=O)O)cc1. The third-order valence-electron chi connectivity index (χ3n) is 3.28. The summed E-state index contributed by atoms with van der Waals surface area (Å²) in [5.41, 5.74) is 11.7. The van der Waals surface area contributed by atoms with Gasteiger partial charge in [-0.3, -0.25) is 9.59 Å². The molecule has 0 aliphatic rings. The number of rotatable bonds is 9. The molecule has 0 heterocycles. The number of nitrogens with two attached hydrogens (primary N) is 2. The van der Waals surface area contributed by atoms with E-state index in [2.05, 4.69) is 0 Å². The highest BCUT2D eigenvalue weighted by atomic mass is 16.5. The van der Waals surface area contributed by atoms with Crippen LogP contribution < -0.4 is 11.5 Å². The van der Waals surface area contributed by atoms with E-state index in [-0.39, 0.29) is 19.4 Å². The first kappa shape index (κ1) is 18.4. The maximum absolute atomic E-state index is 11.7. The average molecular weight is 324 g/mol. The predicted molar refractivity (Wildman–Crippen MR) is 81.7 cm³/mol. The summed E-state index contributed by atoms with van der Waals surface area (Å²) < 4.78 is 5.03. The number of carboxylic acids is 2. The Morgan fingerprint density at radius 2 is 1.70 bits per heavy atom. The second-order valence-corrected chi connectivity index (χ2v) is 5.12. The van der Waals surface area contributed by atoms with Crippen molar-refractivity contribution in [2.24, 2.45) is 11.7 Å². The van der Waals surface area contributed by atoms with Crippen molar-refractivity contribution < 1.29 is 29.3 Å². The van der Waals surface area contributed by atoms with Crippen LogP contribution in [0.3, 0.4) is 0 Å². The van der Waals surface area contributed by atoms with Gasteiger partial charge in [0.2, 0.25) is 0 Å². The zero-order valence-electron chi connectivity index (χ0n) is 12.5. The maximum atomic E-state index is 11.7. The molecule has 0 bridgehead atoms. The van der Waals surface area contributed by atoms with Gasteiger partial charge in [-0.1, -0.05) is 0 Å². The van der Waals surface area contributed by atoms with Crippen molar-refractivity contribution in [3.05, 3.63) is 29.8 Å². The molecule has 2 atom stereocenters. The fourth-order valence-electron chi connectivity index (χ4n) is 1.95. The van der Waals surface area contributed by atoms with Gasteiger partial charge in [-0.2, -0.15) is 0 Å². The summed E-state index contributed by atoms with van der Waals surface area (Å²) >= 11 is 0. The minimum atomic E-state index is -1.24. The molecule has 0 saturated carbocycles. The number of benzene rings is 1. The van der Waals surface area contributed by atoms with Crippen LogP contribution in [0.2, 0.25) is 0 Å². The molecular formula is C15H20N2O6. The number of anilines is 1. The van der Waals surface area contributed by atoms with E-state index in [9.17, 15) is 14.4 Å². The molecule has 126 valence electrons. The van der Waals surface area contributed by atoms with Crippen LogP contribution in [-0.4, -0.2) is 40.8 Å². The molecule has 6 N–H and O–H groups in total. The van der Waals surface area contributed by atoms with Crippen molar-refractivity contribution in [1.29, 1.82) is 0 Å². The standard InChI is InChI=1S/C15H20N2O6/c16-11-5-3-9(4-6-11)15(22)23-7-1-2-10(13(18)19)8-12(17)14(20)21/h3-6,10,12H,1-2,7-8,16-17H2,(H,18,19)(H,20,21)/t10-,12-/m0/s1. The van der Waals surface area contributed by atoms with E-state index in [4.69, 9.17) is 26.4 Å². The molecule has 1 aromatic rings. The number of carbonyl (C=O) groups excluding carboxylic acids is 1. The van der Waals surface area contributed by atoms with Gasteiger partial charge in [0, 0.05) is 5.69 Å². The van der Waals surface area contributed by atoms with Crippen LogP contribution in [0, 0.1) is 5.92 Å². The van der Waals surface area contributed by atoms with Crippen LogP contribution in [0.15, 0.2) is 24.3 Å². The lowest BCUT2D eigenvalue weighted by molar-refractivity contribution is -0.143. The first-order valence-electron chi connectivity index (χ1n) is 7.05. The highest BCUT2D eigenvalue weighted by molar-refractivity contribution is 5.89. The molecule has 8 heteroatoms. The van der Waals surface area contributed by atoms with Gasteiger partial charge in [-0.25, -0.2) is 4.79 Å². The second-order valence-electron chi connectivity index (χ2n) is 5.12. The number of carbonyl (C=O) groups is 3. The topological polar surface area (TPSA) is 153 Å². The number of nitrogen functional groups attached to an aromatic ring is 1. The number of hydrogen-bond donors (Lipinski definition) is 4. The Hall–Kier alpha value is -2.61. The smallest absolute Gasteiger partial charge is 0.338 e. The van der Waals surface area contributed by atoms with Gasteiger partial charge in [0.05, 0.1) is 18.1 Å². The highest BCUT2D eigenvalue weighted by Gasteiger charge is 2.24. The lowest BCUT2D eigenvalue weighted by Gasteiger charge is -2.14. The predicted octanol–water partition coefficient (Wildman–Crippen LogP) is 0.709. The van der Waals surface area contributed by atoms with Crippen LogP contribution in [0.4, 0.5) is 5.69 Å². The van der Waals surface area contributed by atoms with E-state index < -0.39 is 29.9 Å². The van der Waals surface area contributed by atoms with Crippen LogP contribution in [0.25, 0.3) is 0 Å². The first-order chi connectivity index (χ1) is 10.8. The average Bonchev–Trinajstić information content (AvgIpc) is 2.50. The second kappa shape index (κ2) is 8.74. The van der Waals surface area contributed by atoms with Crippen LogP contribution in [-0.2, 0) is 14.3 Å². The number of esters is 1. The Kier molecular flexibility index (Phi) is 7.01. The molecule has 0 radical (unpaired) electrons. The largest absolute Gasteiger partial charge is 0.481 e. The molecule has 0 fully saturated rings. The Balaban J connectivity index is 2.39. The molecule has 0 amide bonds. The summed E-state index contributed by atoms with van der Waals surface area (Å²) in [6.45, 7) is 0.0370. The van der Waals surface area contributed by atoms with Gasteiger partial charge < -0.3 is 26.4 Å². The summed E-state index contributed by atoms with van der Waals surface area (Å²) in [5.74, 6) is -3.78. The Bertz CT molecular complexity index is 558. The maximum Gasteiger partial charge on any atom is 0.338 e. The zero-order valence-corrected chi connectivity index (χ0v) is 12.5. The summed E-state index contributed by atoms with van der Waals surface area (Å²) in [7, 11) is 0. The normalized spacial score (nSPS) is 13.1. The van der Waals surface area contributed by atoms with E-state index in [1.54, 1.807) is 12.1 Å². The number of hydrogen-bond acceptors (Lipinski definition) is 6. The molecule has 0 aliphatic carbocycles. The summed E-state index contributed by atoms with van der Waals surface area (Å²) in [5, 5.41) is 17.8. The molecular weight excluding hydrogens is 304 g/mol. The monoisotopic (exact) mass is 324 g/mol. The molecule has 1 rings (SSSR count). The molecule has 0 spiro atoms. The fourth-order valence-corrected chi connectivity index (χ4v) is 1.95. The van der Waals surface area contributed by atoms with E-state index in [1.165, 1.54) is 12.1 Å².